The summed E-state index contributed by atoms with van der Waals surface area (Å²) in [6.45, 7) is 4.91. The highest BCUT2D eigenvalue weighted by molar-refractivity contribution is 5.91. The van der Waals surface area contributed by atoms with Crippen molar-refractivity contribution in [3.8, 4) is 11.3 Å². The van der Waals surface area contributed by atoms with E-state index >= 15 is 0 Å². The third-order valence-electron chi connectivity index (χ3n) is 5.10. The van der Waals surface area contributed by atoms with Gasteiger partial charge in [0.2, 0.25) is 11.9 Å². The fourth-order valence-corrected chi connectivity index (χ4v) is 3.49. The van der Waals surface area contributed by atoms with Crippen LogP contribution in [0, 0.1) is 0 Å². The van der Waals surface area contributed by atoms with Crippen LogP contribution in [0.3, 0.4) is 0 Å². The number of carbonyl (C=O) groups excluding carboxylic acids is 1. The molecule has 2 aromatic carbocycles. The third-order valence-corrected chi connectivity index (χ3v) is 5.10. The highest BCUT2D eigenvalue weighted by Crippen LogP contribution is 2.23. The molecule has 1 amide bonds. The van der Waals surface area contributed by atoms with Gasteiger partial charge in [0.15, 0.2) is 0 Å². The van der Waals surface area contributed by atoms with E-state index in [9.17, 15) is 9.90 Å². The van der Waals surface area contributed by atoms with Gasteiger partial charge in [0.05, 0.1) is 31.4 Å². The summed E-state index contributed by atoms with van der Waals surface area (Å²) in [5.41, 5.74) is 4.44. The second-order valence-electron chi connectivity index (χ2n) is 7.72. The molecule has 3 N–H and O–H groups in total. The molecule has 1 unspecified atom stereocenters. The molecule has 0 bridgehead atoms. The molecule has 1 fully saturated rings. The van der Waals surface area contributed by atoms with Gasteiger partial charge < -0.3 is 25.4 Å². The number of hydrogen-bond acceptors (Lipinski definition) is 7. The Balaban J connectivity index is 1.40. The topological polar surface area (TPSA) is 99.6 Å². The van der Waals surface area contributed by atoms with E-state index < -0.39 is 6.10 Å². The van der Waals surface area contributed by atoms with Gasteiger partial charge in [-0.15, -0.1) is 0 Å². The monoisotopic (exact) mass is 433 g/mol. The van der Waals surface area contributed by atoms with Crippen molar-refractivity contribution < 1.29 is 14.6 Å². The molecule has 1 aliphatic rings. The van der Waals surface area contributed by atoms with Crippen LogP contribution in [0.2, 0.25) is 0 Å². The van der Waals surface area contributed by atoms with Crippen molar-refractivity contribution in [2.24, 2.45) is 0 Å². The lowest BCUT2D eigenvalue weighted by molar-refractivity contribution is -0.117. The van der Waals surface area contributed by atoms with Gasteiger partial charge in [-0.25, -0.2) is 9.97 Å². The number of ether oxygens (including phenoxy) is 1. The van der Waals surface area contributed by atoms with E-state index in [1.165, 1.54) is 5.69 Å². The van der Waals surface area contributed by atoms with Crippen molar-refractivity contribution in [2.75, 3.05) is 41.8 Å². The molecular weight excluding hydrogens is 406 g/mol. The first kappa shape index (κ1) is 21.7. The van der Waals surface area contributed by atoms with Crippen LogP contribution < -0.4 is 15.5 Å². The number of nitrogens with one attached hydrogen (secondary N) is 2. The molecule has 0 aliphatic carbocycles. The summed E-state index contributed by atoms with van der Waals surface area (Å²) in [7, 11) is 0. The number of amides is 1. The van der Waals surface area contributed by atoms with Crippen molar-refractivity contribution >= 4 is 28.9 Å². The second-order valence-corrected chi connectivity index (χ2v) is 7.72. The van der Waals surface area contributed by atoms with E-state index in [0.29, 0.717) is 11.6 Å². The SMILES string of the molecule is CC(O)CC(=O)Nc1ccc(-c2ccnc(Nc3ccc(N4CCOCC4)cc3)n2)cc1. The van der Waals surface area contributed by atoms with Gasteiger partial charge in [-0.2, -0.15) is 0 Å². The van der Waals surface area contributed by atoms with Gasteiger partial charge >= 0.3 is 0 Å². The summed E-state index contributed by atoms with van der Waals surface area (Å²) >= 11 is 0. The molecular formula is C24H27N5O3. The number of aromatic nitrogens is 2. The molecule has 1 saturated heterocycles. The zero-order valence-corrected chi connectivity index (χ0v) is 18.0. The standard InChI is InChI=1S/C24H27N5O3/c1-17(30)16-23(31)26-19-4-2-18(3-5-19)22-10-11-25-24(28-22)27-20-6-8-21(9-7-20)29-12-14-32-15-13-29/h2-11,17,30H,12-16H2,1H3,(H,26,31)(H,25,27,28). The maximum Gasteiger partial charge on any atom is 0.227 e. The van der Waals surface area contributed by atoms with Crippen molar-refractivity contribution in [2.45, 2.75) is 19.4 Å². The average molecular weight is 434 g/mol. The lowest BCUT2D eigenvalue weighted by Gasteiger charge is -2.28. The first-order chi connectivity index (χ1) is 15.6. The Morgan fingerprint density at radius 3 is 2.44 bits per heavy atom. The van der Waals surface area contributed by atoms with E-state index in [1.807, 2.05) is 42.5 Å². The number of aliphatic hydroxyl groups is 1. The predicted octanol–water partition coefficient (Wildman–Crippen LogP) is 3.43. The Hall–Kier alpha value is -3.49. The molecule has 2 heterocycles. The Morgan fingerprint density at radius 1 is 1.06 bits per heavy atom. The average Bonchev–Trinajstić information content (AvgIpc) is 2.80. The van der Waals surface area contributed by atoms with E-state index in [0.717, 1.165) is 43.2 Å². The first-order valence-corrected chi connectivity index (χ1v) is 10.7. The van der Waals surface area contributed by atoms with Crippen molar-refractivity contribution in [1.29, 1.82) is 0 Å². The maximum atomic E-state index is 11.8. The van der Waals surface area contributed by atoms with E-state index in [1.54, 1.807) is 13.1 Å². The van der Waals surface area contributed by atoms with Crippen LogP contribution in [-0.2, 0) is 9.53 Å². The Kier molecular flexibility index (Phi) is 6.94. The number of aliphatic hydroxyl groups excluding tert-OH is 1. The number of carbonyl (C=O) groups is 1. The molecule has 3 aromatic rings. The Labute approximate surface area is 187 Å². The number of hydrogen-bond donors (Lipinski definition) is 3. The van der Waals surface area contributed by atoms with Crippen LogP contribution in [0.4, 0.5) is 23.0 Å². The number of nitrogens with zero attached hydrogens (tertiary/aromatic N) is 3. The number of benzene rings is 2. The minimum absolute atomic E-state index is 0.0656. The predicted molar refractivity (Wildman–Crippen MR) is 125 cm³/mol. The van der Waals surface area contributed by atoms with Gasteiger partial charge in [-0.1, -0.05) is 12.1 Å². The Bertz CT molecular complexity index is 1030. The van der Waals surface area contributed by atoms with Gasteiger partial charge in [0.25, 0.3) is 0 Å². The highest BCUT2D eigenvalue weighted by Gasteiger charge is 2.11. The molecule has 1 aromatic heterocycles. The van der Waals surface area contributed by atoms with Gasteiger partial charge in [-0.05, 0) is 49.4 Å². The fraction of sp³-hybridized carbons (Fsp3) is 0.292. The largest absolute Gasteiger partial charge is 0.393 e. The van der Waals surface area contributed by atoms with Crippen LogP contribution in [0.15, 0.2) is 60.8 Å². The minimum Gasteiger partial charge on any atom is -0.393 e. The number of rotatable bonds is 7. The molecule has 0 spiro atoms. The second kappa shape index (κ2) is 10.2. The van der Waals surface area contributed by atoms with Gasteiger partial charge in [-0.3, -0.25) is 4.79 Å². The van der Waals surface area contributed by atoms with E-state index in [-0.39, 0.29) is 12.3 Å². The molecule has 32 heavy (non-hydrogen) atoms. The molecule has 1 aliphatic heterocycles. The van der Waals surface area contributed by atoms with Crippen LogP contribution in [0.5, 0.6) is 0 Å². The van der Waals surface area contributed by atoms with Crippen LogP contribution in [0.25, 0.3) is 11.3 Å². The molecule has 4 rings (SSSR count). The maximum absolute atomic E-state index is 11.8. The molecule has 0 radical (unpaired) electrons. The van der Waals surface area contributed by atoms with Crippen molar-refractivity contribution in [1.82, 2.24) is 9.97 Å². The summed E-state index contributed by atoms with van der Waals surface area (Å²) in [6, 6.07) is 17.5. The smallest absolute Gasteiger partial charge is 0.227 e. The lowest BCUT2D eigenvalue weighted by Crippen LogP contribution is -2.36. The summed E-state index contributed by atoms with van der Waals surface area (Å²) in [6.07, 6.45) is 1.11. The quantitative estimate of drug-likeness (QED) is 0.525. The van der Waals surface area contributed by atoms with Gasteiger partial charge in [0.1, 0.15) is 0 Å². The minimum atomic E-state index is -0.670. The first-order valence-electron chi connectivity index (χ1n) is 10.7. The molecule has 1 atom stereocenters. The molecule has 166 valence electrons. The summed E-state index contributed by atoms with van der Waals surface area (Å²) in [4.78, 5) is 23.0. The van der Waals surface area contributed by atoms with Crippen molar-refractivity contribution in [3.63, 3.8) is 0 Å². The zero-order chi connectivity index (χ0) is 22.3. The van der Waals surface area contributed by atoms with Crippen LogP contribution in [0.1, 0.15) is 13.3 Å². The molecule has 8 heteroatoms. The number of morpholine rings is 1. The summed E-state index contributed by atoms with van der Waals surface area (Å²) < 4.78 is 5.41. The van der Waals surface area contributed by atoms with Crippen LogP contribution in [-0.4, -0.2) is 53.4 Å². The summed E-state index contributed by atoms with van der Waals surface area (Å²) in [5.74, 6) is 0.289. The molecule has 0 saturated carbocycles. The van der Waals surface area contributed by atoms with Crippen molar-refractivity contribution in [3.05, 3.63) is 60.8 Å². The molecule has 8 nitrogen and oxygen atoms in total. The van der Waals surface area contributed by atoms with Gasteiger partial charge in [0, 0.05) is 41.9 Å². The summed E-state index contributed by atoms with van der Waals surface area (Å²) in [5, 5.41) is 15.3. The van der Waals surface area contributed by atoms with E-state index in [4.69, 9.17) is 4.74 Å². The van der Waals surface area contributed by atoms with Crippen LogP contribution >= 0.6 is 0 Å². The normalized spacial score (nSPS) is 14.6. The third kappa shape index (κ3) is 5.81. The zero-order valence-electron chi connectivity index (χ0n) is 18.0. The number of anilines is 4. The van der Waals surface area contributed by atoms with E-state index in [2.05, 4.69) is 37.6 Å². The Morgan fingerprint density at radius 2 is 1.75 bits per heavy atom. The fourth-order valence-electron chi connectivity index (χ4n) is 3.49. The lowest BCUT2D eigenvalue weighted by atomic mass is 10.1. The highest BCUT2D eigenvalue weighted by atomic mass is 16.5.